The van der Waals surface area contributed by atoms with Gasteiger partial charge >= 0.3 is 0 Å². The van der Waals surface area contributed by atoms with Crippen molar-refractivity contribution in [3.63, 3.8) is 0 Å². The third-order valence-corrected chi connectivity index (χ3v) is 4.46. The molecule has 0 fully saturated rings. The maximum atomic E-state index is 10.1. The molecule has 0 atom stereocenters. The molecule has 6 nitrogen and oxygen atoms in total. The van der Waals surface area contributed by atoms with Gasteiger partial charge in [-0.05, 0) is 24.1 Å². The van der Waals surface area contributed by atoms with Crippen LogP contribution in [0.4, 0.5) is 0 Å². The number of phenols is 1. The highest BCUT2D eigenvalue weighted by Crippen LogP contribution is 2.37. The molecule has 1 aromatic heterocycles. The van der Waals surface area contributed by atoms with Gasteiger partial charge in [-0.3, -0.25) is 4.90 Å². The molecule has 0 saturated carbocycles. The predicted octanol–water partition coefficient (Wildman–Crippen LogP) is 2.71. The summed E-state index contributed by atoms with van der Waals surface area (Å²) in [5, 5.41) is 10.1. The van der Waals surface area contributed by atoms with Crippen molar-refractivity contribution in [3.05, 3.63) is 41.0 Å². The summed E-state index contributed by atoms with van der Waals surface area (Å²) in [5.74, 6) is 1.95. The predicted molar refractivity (Wildman–Crippen MR) is 95.1 cm³/mol. The number of ether oxygens (including phenoxy) is 2. The molecule has 3 rings (SSSR count). The van der Waals surface area contributed by atoms with E-state index < -0.39 is 0 Å². The summed E-state index contributed by atoms with van der Waals surface area (Å²) in [7, 11) is 3.09. The maximum Gasteiger partial charge on any atom is 0.203 e. The molecule has 0 bridgehead atoms. The van der Waals surface area contributed by atoms with Crippen LogP contribution in [0.3, 0.4) is 0 Å². The number of rotatable bonds is 6. The van der Waals surface area contributed by atoms with E-state index in [4.69, 9.17) is 14.5 Å². The lowest BCUT2D eigenvalue weighted by molar-refractivity contribution is 0.241. The Kier molecular flexibility index (Phi) is 5.38. The number of benzene rings is 1. The van der Waals surface area contributed by atoms with Crippen molar-refractivity contribution < 1.29 is 14.6 Å². The number of phenolic OH excluding ortho intramolecular Hbond substituents is 1. The van der Waals surface area contributed by atoms with E-state index in [0.717, 1.165) is 50.3 Å². The van der Waals surface area contributed by atoms with Crippen LogP contribution in [0, 0.1) is 0 Å². The Labute approximate surface area is 148 Å². The van der Waals surface area contributed by atoms with Crippen LogP contribution < -0.4 is 9.47 Å². The molecule has 0 spiro atoms. The molecule has 2 aromatic rings. The van der Waals surface area contributed by atoms with Crippen molar-refractivity contribution in [2.24, 2.45) is 0 Å². The fraction of sp³-hybridized carbons (Fsp3) is 0.474. The van der Waals surface area contributed by atoms with Gasteiger partial charge in [0.25, 0.3) is 0 Å². The minimum absolute atomic E-state index is 0.0989. The lowest BCUT2D eigenvalue weighted by atomic mass is 10.1. The molecule has 0 radical (unpaired) electrons. The molecular formula is C19H25N3O3. The monoisotopic (exact) mass is 343 g/mol. The van der Waals surface area contributed by atoms with Gasteiger partial charge in [-0.15, -0.1) is 0 Å². The van der Waals surface area contributed by atoms with E-state index in [2.05, 4.69) is 16.8 Å². The highest BCUT2D eigenvalue weighted by molar-refractivity contribution is 5.53. The Morgan fingerprint density at radius 2 is 2.08 bits per heavy atom. The van der Waals surface area contributed by atoms with Gasteiger partial charge in [0.1, 0.15) is 5.82 Å². The van der Waals surface area contributed by atoms with Gasteiger partial charge < -0.3 is 14.6 Å². The summed E-state index contributed by atoms with van der Waals surface area (Å²) in [4.78, 5) is 11.5. The largest absolute Gasteiger partial charge is 0.504 e. The summed E-state index contributed by atoms with van der Waals surface area (Å²) in [6.07, 6.45) is 4.88. The van der Waals surface area contributed by atoms with Crippen LogP contribution >= 0.6 is 0 Å². The third-order valence-electron chi connectivity index (χ3n) is 4.46. The first-order valence-corrected chi connectivity index (χ1v) is 8.64. The second kappa shape index (κ2) is 7.70. The Hall–Kier alpha value is -2.34. The number of hydrogen-bond acceptors (Lipinski definition) is 6. The fourth-order valence-corrected chi connectivity index (χ4v) is 3.24. The molecule has 2 heterocycles. The highest BCUT2D eigenvalue weighted by atomic mass is 16.5. The van der Waals surface area contributed by atoms with Crippen LogP contribution in [0.1, 0.15) is 36.0 Å². The van der Waals surface area contributed by atoms with Crippen molar-refractivity contribution in [1.82, 2.24) is 14.9 Å². The van der Waals surface area contributed by atoms with E-state index in [1.54, 1.807) is 13.2 Å². The van der Waals surface area contributed by atoms with Gasteiger partial charge in [0.2, 0.25) is 5.75 Å². The lowest BCUT2D eigenvalue weighted by Crippen LogP contribution is -2.31. The van der Waals surface area contributed by atoms with Gasteiger partial charge in [0, 0.05) is 49.9 Å². The summed E-state index contributed by atoms with van der Waals surface area (Å²) in [6.45, 7) is 4.62. The highest BCUT2D eigenvalue weighted by Gasteiger charge is 2.20. The number of aromatic nitrogens is 2. The molecule has 25 heavy (non-hydrogen) atoms. The van der Waals surface area contributed by atoms with Gasteiger partial charge in [-0.25, -0.2) is 9.97 Å². The first-order chi connectivity index (χ1) is 12.1. The number of nitrogens with zero attached hydrogens (tertiary/aromatic N) is 3. The van der Waals surface area contributed by atoms with Crippen molar-refractivity contribution in [1.29, 1.82) is 0 Å². The summed E-state index contributed by atoms with van der Waals surface area (Å²) >= 11 is 0. The van der Waals surface area contributed by atoms with Gasteiger partial charge in [-0.2, -0.15) is 0 Å². The molecule has 1 aliphatic rings. The smallest absolute Gasteiger partial charge is 0.203 e. The standard InChI is InChI=1S/C19H25N3O3/c1-4-5-18-20-10-14-12-22(7-6-15(14)21-18)11-13-8-16(23)19(25-3)17(9-13)24-2/h8-10,23H,4-7,11-12H2,1-3H3. The second-order valence-electron chi connectivity index (χ2n) is 6.32. The number of hydrogen-bond donors (Lipinski definition) is 1. The van der Waals surface area contributed by atoms with E-state index in [1.165, 1.54) is 18.4 Å². The molecule has 134 valence electrons. The van der Waals surface area contributed by atoms with E-state index in [9.17, 15) is 5.11 Å². The Morgan fingerprint density at radius 1 is 1.24 bits per heavy atom. The zero-order valence-electron chi connectivity index (χ0n) is 15.1. The van der Waals surface area contributed by atoms with Crippen LogP contribution in [-0.4, -0.2) is 40.7 Å². The second-order valence-corrected chi connectivity index (χ2v) is 6.32. The Bertz CT molecular complexity index is 749. The Morgan fingerprint density at radius 3 is 2.80 bits per heavy atom. The quantitative estimate of drug-likeness (QED) is 0.870. The first kappa shape index (κ1) is 17.5. The van der Waals surface area contributed by atoms with Crippen LogP contribution in [0.5, 0.6) is 17.2 Å². The molecule has 6 heteroatoms. The topological polar surface area (TPSA) is 67.7 Å². The zero-order chi connectivity index (χ0) is 17.8. The normalized spacial score (nSPS) is 14.2. The maximum absolute atomic E-state index is 10.1. The summed E-state index contributed by atoms with van der Waals surface area (Å²) in [6, 6.07) is 3.65. The minimum Gasteiger partial charge on any atom is -0.504 e. The van der Waals surface area contributed by atoms with Crippen LogP contribution in [0.25, 0.3) is 0 Å². The average Bonchev–Trinajstić information content (AvgIpc) is 2.61. The van der Waals surface area contributed by atoms with E-state index in [0.29, 0.717) is 11.5 Å². The van der Waals surface area contributed by atoms with Gasteiger partial charge in [-0.1, -0.05) is 6.92 Å². The third kappa shape index (κ3) is 3.85. The van der Waals surface area contributed by atoms with E-state index >= 15 is 0 Å². The Balaban J connectivity index is 1.74. The molecule has 1 N–H and O–H groups in total. The summed E-state index contributed by atoms with van der Waals surface area (Å²) in [5.41, 5.74) is 3.35. The molecule has 1 aromatic carbocycles. The van der Waals surface area contributed by atoms with Crippen molar-refractivity contribution >= 4 is 0 Å². The number of aryl methyl sites for hydroxylation is 1. The molecule has 0 saturated heterocycles. The molecule has 0 amide bonds. The van der Waals surface area contributed by atoms with Crippen LogP contribution in [0.2, 0.25) is 0 Å². The SMILES string of the molecule is CCCc1ncc2c(n1)CCN(Cc1cc(O)c(OC)c(OC)c1)C2. The molecule has 1 aliphatic heterocycles. The minimum atomic E-state index is 0.0989. The van der Waals surface area contributed by atoms with E-state index in [1.807, 2.05) is 12.3 Å². The molecule has 0 aliphatic carbocycles. The average molecular weight is 343 g/mol. The van der Waals surface area contributed by atoms with Crippen LogP contribution in [-0.2, 0) is 25.9 Å². The lowest BCUT2D eigenvalue weighted by Gasteiger charge is -2.28. The summed E-state index contributed by atoms with van der Waals surface area (Å²) < 4.78 is 10.5. The fourth-order valence-electron chi connectivity index (χ4n) is 3.24. The first-order valence-electron chi connectivity index (χ1n) is 8.64. The number of methoxy groups -OCH3 is 2. The van der Waals surface area contributed by atoms with Gasteiger partial charge in [0.15, 0.2) is 11.5 Å². The van der Waals surface area contributed by atoms with Crippen molar-refractivity contribution in [3.8, 4) is 17.2 Å². The molecule has 0 unspecified atom stereocenters. The van der Waals surface area contributed by atoms with Crippen LogP contribution in [0.15, 0.2) is 18.3 Å². The van der Waals surface area contributed by atoms with Crippen molar-refractivity contribution in [2.75, 3.05) is 20.8 Å². The number of fused-ring (bicyclic) bond motifs is 1. The number of aromatic hydroxyl groups is 1. The molecular weight excluding hydrogens is 318 g/mol. The van der Waals surface area contributed by atoms with Crippen molar-refractivity contribution in [2.45, 2.75) is 39.3 Å². The van der Waals surface area contributed by atoms with E-state index in [-0.39, 0.29) is 5.75 Å². The zero-order valence-corrected chi connectivity index (χ0v) is 15.1. The van der Waals surface area contributed by atoms with Gasteiger partial charge in [0.05, 0.1) is 14.2 Å².